The predicted octanol–water partition coefficient (Wildman–Crippen LogP) is 3.99. The van der Waals surface area contributed by atoms with Gasteiger partial charge in [-0.3, -0.25) is 0 Å². The number of thiophene rings is 1. The van der Waals surface area contributed by atoms with Crippen LogP contribution in [0.15, 0.2) is 29.6 Å². The molecular weight excluding hydrogens is 264 g/mol. The van der Waals surface area contributed by atoms with Crippen molar-refractivity contribution in [3.05, 3.63) is 56.7 Å². The van der Waals surface area contributed by atoms with Gasteiger partial charge in [-0.2, -0.15) is 0 Å². The first-order valence-corrected chi connectivity index (χ1v) is 6.24. The Morgan fingerprint density at radius 2 is 2.06 bits per heavy atom. The summed E-state index contributed by atoms with van der Waals surface area (Å²) in [6.07, 6.45) is 0. The van der Waals surface area contributed by atoms with E-state index in [1.54, 1.807) is 13.1 Å². The van der Waals surface area contributed by atoms with Gasteiger partial charge in [0.05, 0.1) is 11.1 Å². The zero-order valence-corrected chi connectivity index (χ0v) is 10.6. The zero-order chi connectivity index (χ0) is 12.4. The fourth-order valence-corrected chi connectivity index (χ4v) is 2.97. The second kappa shape index (κ2) is 5.12. The van der Waals surface area contributed by atoms with Crippen molar-refractivity contribution in [1.82, 2.24) is 5.32 Å². The maximum atomic E-state index is 13.7. The van der Waals surface area contributed by atoms with E-state index in [1.165, 1.54) is 17.4 Å². The van der Waals surface area contributed by atoms with Crippen LogP contribution in [0.4, 0.5) is 8.78 Å². The Labute approximate surface area is 107 Å². The molecule has 90 valence electrons. The number of halogens is 3. The Hall–Kier alpha value is -0.970. The summed E-state index contributed by atoms with van der Waals surface area (Å²) >= 11 is 7.42. The molecule has 0 aliphatic carbocycles. The summed E-state index contributed by atoms with van der Waals surface area (Å²) in [5.41, 5.74) is 0.261. The van der Waals surface area contributed by atoms with Crippen molar-refractivity contribution < 1.29 is 8.78 Å². The molecule has 1 unspecified atom stereocenters. The van der Waals surface area contributed by atoms with Crippen molar-refractivity contribution in [1.29, 1.82) is 0 Å². The van der Waals surface area contributed by atoms with Gasteiger partial charge in [-0.25, -0.2) is 8.78 Å². The Bertz CT molecular complexity index is 527. The molecule has 1 heterocycles. The third kappa shape index (κ3) is 2.49. The summed E-state index contributed by atoms with van der Waals surface area (Å²) < 4.78 is 26.8. The van der Waals surface area contributed by atoms with E-state index in [9.17, 15) is 8.78 Å². The molecule has 1 N–H and O–H groups in total. The number of hydrogen-bond donors (Lipinski definition) is 1. The average Bonchev–Trinajstić information content (AvgIpc) is 2.71. The van der Waals surface area contributed by atoms with Gasteiger partial charge in [-0.1, -0.05) is 11.6 Å². The van der Waals surface area contributed by atoms with E-state index in [4.69, 9.17) is 11.6 Å². The third-order valence-corrected chi connectivity index (χ3v) is 3.89. The average molecular weight is 274 g/mol. The van der Waals surface area contributed by atoms with E-state index in [0.29, 0.717) is 5.02 Å². The number of hydrogen-bond acceptors (Lipinski definition) is 2. The normalized spacial score (nSPS) is 12.7. The van der Waals surface area contributed by atoms with Crippen LogP contribution < -0.4 is 5.32 Å². The smallest absolute Gasteiger partial charge is 0.128 e. The minimum Gasteiger partial charge on any atom is -0.309 e. The van der Waals surface area contributed by atoms with Gasteiger partial charge in [0.2, 0.25) is 0 Å². The molecule has 0 saturated carbocycles. The second-order valence-electron chi connectivity index (χ2n) is 3.52. The highest BCUT2D eigenvalue weighted by molar-refractivity contribution is 7.10. The van der Waals surface area contributed by atoms with Crippen LogP contribution in [0.25, 0.3) is 0 Å². The lowest BCUT2D eigenvalue weighted by Crippen LogP contribution is -2.18. The maximum absolute atomic E-state index is 13.7. The molecular formula is C12H10ClF2NS. The molecule has 0 amide bonds. The number of benzene rings is 1. The Kier molecular flexibility index (Phi) is 3.76. The molecule has 2 rings (SSSR count). The molecule has 1 aromatic heterocycles. The summed E-state index contributed by atoms with van der Waals surface area (Å²) in [6, 6.07) is 4.71. The van der Waals surface area contributed by atoms with Crippen molar-refractivity contribution in [3.63, 3.8) is 0 Å². The Morgan fingerprint density at radius 3 is 2.65 bits per heavy atom. The van der Waals surface area contributed by atoms with Gasteiger partial charge in [-0.15, -0.1) is 11.3 Å². The SMILES string of the molecule is CNC(c1cc(F)ccc1F)c1sccc1Cl. The number of rotatable bonds is 3. The van der Waals surface area contributed by atoms with Crippen molar-refractivity contribution in [2.75, 3.05) is 7.05 Å². The van der Waals surface area contributed by atoms with Crippen LogP contribution in [0.5, 0.6) is 0 Å². The van der Waals surface area contributed by atoms with Crippen LogP contribution in [-0.2, 0) is 0 Å². The molecule has 0 fully saturated rings. The van der Waals surface area contributed by atoms with E-state index < -0.39 is 17.7 Å². The van der Waals surface area contributed by atoms with Gasteiger partial charge in [0.1, 0.15) is 11.6 Å². The molecule has 1 nitrogen and oxygen atoms in total. The van der Waals surface area contributed by atoms with Gasteiger partial charge in [0.15, 0.2) is 0 Å². The van der Waals surface area contributed by atoms with Crippen LogP contribution in [0.3, 0.4) is 0 Å². The molecule has 0 aliphatic rings. The first-order chi connectivity index (χ1) is 8.13. The van der Waals surface area contributed by atoms with Crippen molar-refractivity contribution in [2.45, 2.75) is 6.04 Å². The first-order valence-electron chi connectivity index (χ1n) is 4.98. The highest BCUT2D eigenvalue weighted by atomic mass is 35.5. The standard InChI is InChI=1S/C12H10ClF2NS/c1-16-11(12-9(13)4-5-17-12)8-6-7(14)2-3-10(8)15/h2-6,11,16H,1H3. The van der Waals surface area contributed by atoms with E-state index in [0.717, 1.165) is 17.0 Å². The lowest BCUT2D eigenvalue weighted by atomic mass is 10.0. The molecule has 5 heteroatoms. The second-order valence-corrected chi connectivity index (χ2v) is 4.88. The molecule has 0 saturated heterocycles. The maximum Gasteiger partial charge on any atom is 0.128 e. The molecule has 0 aliphatic heterocycles. The monoisotopic (exact) mass is 273 g/mol. The lowest BCUT2D eigenvalue weighted by Gasteiger charge is -2.16. The van der Waals surface area contributed by atoms with Crippen molar-refractivity contribution in [2.24, 2.45) is 0 Å². The fourth-order valence-electron chi connectivity index (χ4n) is 1.68. The van der Waals surface area contributed by atoms with Gasteiger partial charge in [0, 0.05) is 10.4 Å². The van der Waals surface area contributed by atoms with E-state index in [2.05, 4.69) is 5.32 Å². The minimum atomic E-state index is -0.464. The zero-order valence-electron chi connectivity index (χ0n) is 9.01. The van der Waals surface area contributed by atoms with E-state index in [-0.39, 0.29) is 5.56 Å². The van der Waals surface area contributed by atoms with Crippen LogP contribution in [0, 0.1) is 11.6 Å². The van der Waals surface area contributed by atoms with Crippen LogP contribution in [-0.4, -0.2) is 7.05 Å². The first kappa shape index (κ1) is 12.5. The van der Waals surface area contributed by atoms with E-state index >= 15 is 0 Å². The largest absolute Gasteiger partial charge is 0.309 e. The van der Waals surface area contributed by atoms with E-state index in [1.807, 2.05) is 5.38 Å². The summed E-state index contributed by atoms with van der Waals surface area (Å²) in [5, 5.41) is 5.32. The molecule has 1 aromatic carbocycles. The summed E-state index contributed by atoms with van der Waals surface area (Å²) in [7, 11) is 1.69. The van der Waals surface area contributed by atoms with Crippen molar-refractivity contribution in [3.8, 4) is 0 Å². The Balaban J connectivity index is 2.49. The summed E-state index contributed by atoms with van der Waals surface area (Å²) in [6.45, 7) is 0. The molecule has 0 spiro atoms. The van der Waals surface area contributed by atoms with Crippen LogP contribution in [0.2, 0.25) is 5.02 Å². The molecule has 2 aromatic rings. The van der Waals surface area contributed by atoms with Gasteiger partial charge < -0.3 is 5.32 Å². The Morgan fingerprint density at radius 1 is 1.29 bits per heavy atom. The van der Waals surface area contributed by atoms with Crippen LogP contribution >= 0.6 is 22.9 Å². The molecule has 0 radical (unpaired) electrons. The van der Waals surface area contributed by atoms with Gasteiger partial charge >= 0.3 is 0 Å². The molecule has 0 bridgehead atoms. The summed E-state index contributed by atoms with van der Waals surface area (Å²) in [5.74, 6) is -0.912. The highest BCUT2D eigenvalue weighted by Gasteiger charge is 2.20. The number of nitrogens with one attached hydrogen (secondary N) is 1. The molecule has 17 heavy (non-hydrogen) atoms. The van der Waals surface area contributed by atoms with Gasteiger partial charge in [0.25, 0.3) is 0 Å². The lowest BCUT2D eigenvalue weighted by molar-refractivity contribution is 0.560. The quantitative estimate of drug-likeness (QED) is 0.892. The fraction of sp³-hybridized carbons (Fsp3) is 0.167. The summed E-state index contributed by atoms with van der Waals surface area (Å²) in [4.78, 5) is 0.777. The van der Waals surface area contributed by atoms with Crippen molar-refractivity contribution >= 4 is 22.9 Å². The minimum absolute atomic E-state index is 0.261. The van der Waals surface area contributed by atoms with Crippen LogP contribution in [0.1, 0.15) is 16.5 Å². The molecule has 1 atom stereocenters. The highest BCUT2D eigenvalue weighted by Crippen LogP contribution is 2.33. The third-order valence-electron chi connectivity index (χ3n) is 2.46. The topological polar surface area (TPSA) is 12.0 Å². The van der Waals surface area contributed by atoms with Gasteiger partial charge in [-0.05, 0) is 36.7 Å². The predicted molar refractivity (Wildman–Crippen MR) is 66.6 cm³/mol.